The summed E-state index contributed by atoms with van der Waals surface area (Å²) in [4.78, 5) is 27.6. The summed E-state index contributed by atoms with van der Waals surface area (Å²) in [6.45, 7) is 2.55. The third-order valence-electron chi connectivity index (χ3n) is 6.54. The lowest BCUT2D eigenvalue weighted by Crippen LogP contribution is -2.50. The van der Waals surface area contributed by atoms with Gasteiger partial charge in [0.1, 0.15) is 5.75 Å². The van der Waals surface area contributed by atoms with E-state index < -0.39 is 0 Å². The molecule has 1 aromatic heterocycles. The molecule has 0 radical (unpaired) electrons. The average molecular weight is 445 g/mol. The number of likely N-dealkylation sites (tertiary alicyclic amines) is 1. The van der Waals surface area contributed by atoms with Crippen molar-refractivity contribution >= 4 is 17.4 Å². The molecule has 33 heavy (non-hydrogen) atoms. The van der Waals surface area contributed by atoms with Gasteiger partial charge in [-0.1, -0.05) is 30.3 Å². The van der Waals surface area contributed by atoms with E-state index >= 15 is 0 Å². The van der Waals surface area contributed by atoms with E-state index in [9.17, 15) is 9.59 Å². The SMILES string of the molecule is COc1ccc(NC(=O)N2C[C@@H]3C[C@H](C2)c2c(NCc4ccccc4)ccc(=O)n2C3)cc1. The molecule has 1 fully saturated rings. The minimum Gasteiger partial charge on any atom is -0.497 e. The third-order valence-corrected chi connectivity index (χ3v) is 6.54. The molecule has 2 N–H and O–H groups in total. The molecule has 7 nitrogen and oxygen atoms in total. The van der Waals surface area contributed by atoms with E-state index in [2.05, 4.69) is 22.8 Å². The van der Waals surface area contributed by atoms with Crippen LogP contribution in [0.25, 0.3) is 0 Å². The second-order valence-electron chi connectivity index (χ2n) is 8.78. The van der Waals surface area contributed by atoms with Crippen molar-refractivity contribution in [3.05, 3.63) is 88.3 Å². The summed E-state index contributed by atoms with van der Waals surface area (Å²) in [6.07, 6.45) is 0.982. The van der Waals surface area contributed by atoms with Crippen LogP contribution in [0.3, 0.4) is 0 Å². The second kappa shape index (κ2) is 9.02. The highest BCUT2D eigenvalue weighted by Crippen LogP contribution is 2.38. The van der Waals surface area contributed by atoms with E-state index in [1.807, 2.05) is 58.0 Å². The van der Waals surface area contributed by atoms with Crippen LogP contribution in [0, 0.1) is 5.92 Å². The summed E-state index contributed by atoms with van der Waals surface area (Å²) in [6, 6.07) is 20.9. The molecule has 5 rings (SSSR count). The van der Waals surface area contributed by atoms with E-state index in [1.165, 1.54) is 5.56 Å². The van der Waals surface area contributed by atoms with Crippen molar-refractivity contribution in [2.24, 2.45) is 5.92 Å². The Morgan fingerprint density at radius 3 is 2.55 bits per heavy atom. The summed E-state index contributed by atoms with van der Waals surface area (Å²) in [5.74, 6) is 1.13. The fourth-order valence-corrected chi connectivity index (χ4v) is 5.00. The van der Waals surface area contributed by atoms with Gasteiger partial charge in [-0.25, -0.2) is 4.79 Å². The predicted molar refractivity (Wildman–Crippen MR) is 129 cm³/mol. The second-order valence-corrected chi connectivity index (χ2v) is 8.78. The molecule has 170 valence electrons. The molecule has 0 saturated carbocycles. The molecule has 2 amide bonds. The van der Waals surface area contributed by atoms with Crippen molar-refractivity contribution in [1.82, 2.24) is 9.47 Å². The van der Waals surface area contributed by atoms with Crippen LogP contribution in [0.4, 0.5) is 16.2 Å². The Bertz CT molecular complexity index is 1190. The molecule has 2 aromatic carbocycles. The van der Waals surface area contributed by atoms with Crippen molar-refractivity contribution in [2.75, 3.05) is 30.8 Å². The number of hydrogen-bond acceptors (Lipinski definition) is 4. The van der Waals surface area contributed by atoms with Crippen molar-refractivity contribution in [2.45, 2.75) is 25.4 Å². The quantitative estimate of drug-likeness (QED) is 0.621. The van der Waals surface area contributed by atoms with E-state index in [0.717, 1.165) is 29.2 Å². The Hall–Kier alpha value is -3.74. The van der Waals surface area contributed by atoms with Crippen LogP contribution in [0.1, 0.15) is 23.6 Å². The van der Waals surface area contributed by atoms with Crippen LogP contribution in [-0.4, -0.2) is 35.7 Å². The number of carbonyl (C=O) groups is 1. The molecular weight excluding hydrogens is 416 g/mol. The number of nitrogens with zero attached hydrogens (tertiary/aromatic N) is 2. The lowest BCUT2D eigenvalue weighted by atomic mass is 9.82. The maximum absolute atomic E-state index is 13.0. The largest absolute Gasteiger partial charge is 0.497 e. The zero-order valence-corrected chi connectivity index (χ0v) is 18.7. The van der Waals surface area contributed by atoms with Crippen molar-refractivity contribution in [1.29, 1.82) is 0 Å². The summed E-state index contributed by atoms with van der Waals surface area (Å²) >= 11 is 0. The number of nitrogens with one attached hydrogen (secondary N) is 2. The minimum absolute atomic E-state index is 0.0288. The first-order valence-corrected chi connectivity index (χ1v) is 11.3. The minimum atomic E-state index is -0.111. The fraction of sp³-hybridized carbons (Fsp3) is 0.308. The van der Waals surface area contributed by atoms with Gasteiger partial charge in [0.25, 0.3) is 5.56 Å². The number of pyridine rings is 1. The third kappa shape index (κ3) is 4.44. The van der Waals surface area contributed by atoms with Gasteiger partial charge < -0.3 is 24.8 Å². The first kappa shape index (κ1) is 21.1. The first-order chi connectivity index (χ1) is 16.1. The highest BCUT2D eigenvalue weighted by Gasteiger charge is 2.37. The van der Waals surface area contributed by atoms with Gasteiger partial charge in [0.05, 0.1) is 12.8 Å². The van der Waals surface area contributed by atoms with Crippen LogP contribution < -0.4 is 20.9 Å². The van der Waals surface area contributed by atoms with Crippen LogP contribution >= 0.6 is 0 Å². The van der Waals surface area contributed by atoms with Gasteiger partial charge in [-0.2, -0.15) is 0 Å². The molecular formula is C26H28N4O3. The Morgan fingerprint density at radius 1 is 1.00 bits per heavy atom. The number of methoxy groups -OCH3 is 1. The molecule has 3 heterocycles. The Morgan fingerprint density at radius 2 is 1.79 bits per heavy atom. The number of benzene rings is 2. The molecule has 0 unspecified atom stereocenters. The van der Waals surface area contributed by atoms with Gasteiger partial charge in [-0.05, 0) is 48.2 Å². The molecule has 2 aliphatic rings. The summed E-state index contributed by atoms with van der Waals surface area (Å²) in [5, 5.41) is 6.52. The number of urea groups is 1. The zero-order chi connectivity index (χ0) is 22.8. The highest BCUT2D eigenvalue weighted by atomic mass is 16.5. The van der Waals surface area contributed by atoms with Crippen LogP contribution in [0.5, 0.6) is 5.75 Å². The zero-order valence-electron chi connectivity index (χ0n) is 18.7. The molecule has 2 bridgehead atoms. The fourth-order valence-electron chi connectivity index (χ4n) is 5.00. The number of piperidine rings is 1. The summed E-state index contributed by atoms with van der Waals surface area (Å²) in [7, 11) is 1.62. The molecule has 0 aliphatic carbocycles. The van der Waals surface area contributed by atoms with Gasteiger partial charge in [0.15, 0.2) is 0 Å². The van der Waals surface area contributed by atoms with Gasteiger partial charge in [0, 0.05) is 49.5 Å². The van der Waals surface area contributed by atoms with Gasteiger partial charge in [0.2, 0.25) is 0 Å². The number of hydrogen-bond donors (Lipinski definition) is 2. The van der Waals surface area contributed by atoms with Crippen molar-refractivity contribution in [3.8, 4) is 5.75 Å². The smallest absolute Gasteiger partial charge is 0.321 e. The standard InChI is InChI=1S/C26H28N4O3/c1-33-22-9-7-21(8-10-22)28-26(32)29-15-19-13-20(17-29)25-23(11-12-24(31)30(25)16-19)27-14-18-5-3-2-4-6-18/h2-12,19-20,27H,13-17H2,1H3,(H,28,32)/t19-,20+/m0/s1. The van der Waals surface area contributed by atoms with Crippen LogP contribution in [0.2, 0.25) is 0 Å². The summed E-state index contributed by atoms with van der Waals surface area (Å²) < 4.78 is 7.09. The number of rotatable bonds is 5. The molecule has 7 heteroatoms. The highest BCUT2D eigenvalue weighted by molar-refractivity contribution is 5.89. The topological polar surface area (TPSA) is 75.6 Å². The maximum atomic E-state index is 13.0. The van der Waals surface area contributed by atoms with Gasteiger partial charge >= 0.3 is 6.03 Å². The number of amides is 2. The number of ether oxygens (including phenoxy) is 1. The number of fused-ring (bicyclic) bond motifs is 4. The molecule has 3 aromatic rings. The normalized spacial score (nSPS) is 18.9. The molecule has 2 atom stereocenters. The lowest BCUT2D eigenvalue weighted by molar-refractivity contribution is 0.140. The number of aromatic nitrogens is 1. The number of carbonyl (C=O) groups excluding carboxylic acids is 1. The van der Waals surface area contributed by atoms with Crippen molar-refractivity contribution < 1.29 is 9.53 Å². The summed E-state index contributed by atoms with van der Waals surface area (Å²) in [5.41, 5.74) is 3.93. The molecule has 0 spiro atoms. The number of anilines is 2. The van der Waals surface area contributed by atoms with Crippen LogP contribution in [-0.2, 0) is 13.1 Å². The predicted octanol–water partition coefficient (Wildman–Crippen LogP) is 4.12. The first-order valence-electron chi connectivity index (χ1n) is 11.3. The maximum Gasteiger partial charge on any atom is 0.321 e. The van der Waals surface area contributed by atoms with E-state index in [0.29, 0.717) is 26.2 Å². The monoisotopic (exact) mass is 444 g/mol. The Labute approximate surface area is 193 Å². The van der Waals surface area contributed by atoms with Gasteiger partial charge in [-0.3, -0.25) is 4.79 Å². The van der Waals surface area contributed by atoms with Crippen LogP contribution in [0.15, 0.2) is 71.5 Å². The van der Waals surface area contributed by atoms with E-state index in [-0.39, 0.29) is 23.4 Å². The molecule has 2 aliphatic heterocycles. The Balaban J connectivity index is 1.34. The van der Waals surface area contributed by atoms with E-state index in [1.54, 1.807) is 13.2 Å². The average Bonchev–Trinajstić information content (AvgIpc) is 2.85. The van der Waals surface area contributed by atoms with Gasteiger partial charge in [-0.15, -0.1) is 0 Å². The Kier molecular flexibility index (Phi) is 5.77. The molecule has 1 saturated heterocycles. The lowest BCUT2D eigenvalue weighted by Gasteiger charge is -2.43. The van der Waals surface area contributed by atoms with Crippen molar-refractivity contribution in [3.63, 3.8) is 0 Å². The van der Waals surface area contributed by atoms with E-state index in [4.69, 9.17) is 4.74 Å².